The van der Waals surface area contributed by atoms with Gasteiger partial charge >= 0.3 is 0 Å². The first kappa shape index (κ1) is 25.1. The quantitative estimate of drug-likeness (QED) is 0.461. The summed E-state index contributed by atoms with van der Waals surface area (Å²) < 4.78 is 0. The van der Waals surface area contributed by atoms with E-state index in [1.54, 1.807) is 0 Å². The van der Waals surface area contributed by atoms with Crippen LogP contribution in [-0.2, 0) is 39.0 Å². The number of hydrogen-bond acceptors (Lipinski definition) is 0. The van der Waals surface area contributed by atoms with Gasteiger partial charge in [0.1, 0.15) is 0 Å². The van der Waals surface area contributed by atoms with Crippen molar-refractivity contribution in [3.05, 3.63) is 0 Å². The Bertz CT molecular complexity index is 4.00. The van der Waals surface area contributed by atoms with Gasteiger partial charge in [0.05, 0.1) is 0 Å². The van der Waals surface area contributed by atoms with Gasteiger partial charge in [0.25, 0.3) is 0 Å². The van der Waals surface area contributed by atoms with Gasteiger partial charge in [-0.25, -0.2) is 0 Å². The van der Waals surface area contributed by atoms with E-state index >= 15 is 0 Å². The van der Waals surface area contributed by atoms with Crippen LogP contribution in [-0.4, -0.2) is 75.5 Å². The average molecular weight is 211 g/mol. The van der Waals surface area contributed by atoms with E-state index in [1.165, 1.54) is 0 Å². The second-order valence-corrected chi connectivity index (χ2v) is 0. The molecule has 0 saturated carbocycles. The molecule has 0 aromatic rings. The Morgan fingerprint density at radius 2 is 0.500 bits per heavy atom. The molecular weight excluding hydrogens is 211 g/mol. The maximum Gasteiger partial charge on any atom is 0 e. The first-order chi connectivity index (χ1) is 0. The van der Waals surface area contributed by atoms with Gasteiger partial charge < -0.3 is 0 Å². The number of hydrogen-bond donors (Lipinski definition) is 0. The normalized spacial score (nSPS) is 0. The third kappa shape index (κ3) is 9.23. The van der Waals surface area contributed by atoms with E-state index in [2.05, 4.69) is 0 Å². The molecule has 4 heteroatoms. The van der Waals surface area contributed by atoms with E-state index in [0.29, 0.717) is 0 Å². The van der Waals surface area contributed by atoms with Gasteiger partial charge in [-0.2, -0.15) is 0 Å². The summed E-state index contributed by atoms with van der Waals surface area (Å²) in [5.74, 6) is 0. The van der Waals surface area contributed by atoms with Crippen LogP contribution in [0.15, 0.2) is 0 Å². The third-order valence-electron chi connectivity index (χ3n) is 0. The van der Waals surface area contributed by atoms with Crippen molar-refractivity contribution in [1.82, 2.24) is 0 Å². The summed E-state index contributed by atoms with van der Waals surface area (Å²) in [5.41, 5.74) is 0. The molecule has 0 aromatic heterocycles. The Kier molecular flexibility index (Phi) is 99.4. The molecule has 0 rings (SSSR count). The third-order valence-corrected chi connectivity index (χ3v) is 0. The Labute approximate surface area is 111 Å². The van der Waals surface area contributed by atoms with Crippen molar-refractivity contribution in [3.63, 3.8) is 0 Å². The standard InChI is InChI=1S/2Ca.2Zn. The van der Waals surface area contributed by atoms with Crippen LogP contribution in [0.3, 0.4) is 0 Å². The molecule has 0 aliphatic heterocycles. The Morgan fingerprint density at radius 1 is 0.500 bits per heavy atom. The van der Waals surface area contributed by atoms with Crippen LogP contribution in [0, 0.1) is 0 Å². The van der Waals surface area contributed by atoms with Crippen LogP contribution in [0.2, 0.25) is 0 Å². The molecular formula is Ca2Zn2. The number of rotatable bonds is 0. The first-order valence-corrected chi connectivity index (χ1v) is 0. The molecule has 0 bridgehead atoms. The van der Waals surface area contributed by atoms with E-state index in [0.717, 1.165) is 0 Å². The topological polar surface area (TPSA) is 0 Å². The molecule has 0 fully saturated rings. The van der Waals surface area contributed by atoms with Gasteiger partial charge in [0.2, 0.25) is 0 Å². The molecule has 0 aliphatic carbocycles. The van der Waals surface area contributed by atoms with Gasteiger partial charge in [0.15, 0.2) is 0 Å². The molecule has 0 heterocycles. The van der Waals surface area contributed by atoms with Crippen molar-refractivity contribution in [2.75, 3.05) is 0 Å². The molecule has 0 spiro atoms. The predicted octanol–water partition coefficient (Wildman–Crippen LogP) is -0.767. The minimum atomic E-state index is 0. The molecule has 4 radical (unpaired) electrons. The van der Waals surface area contributed by atoms with Gasteiger partial charge in [-0.3, -0.25) is 0 Å². The molecule has 0 amide bonds. The summed E-state index contributed by atoms with van der Waals surface area (Å²) in [4.78, 5) is 0. The fourth-order valence-electron chi connectivity index (χ4n) is 0. The summed E-state index contributed by atoms with van der Waals surface area (Å²) in [7, 11) is 0. The molecule has 0 N–H and O–H groups in total. The SMILES string of the molecule is [Ca].[Ca].[Zn].[Zn]. The largest absolute Gasteiger partial charge is 0 e. The van der Waals surface area contributed by atoms with Gasteiger partial charge in [-0.1, -0.05) is 0 Å². The summed E-state index contributed by atoms with van der Waals surface area (Å²) >= 11 is 0. The minimum absolute atomic E-state index is 0. The summed E-state index contributed by atoms with van der Waals surface area (Å²) in [6.45, 7) is 0. The van der Waals surface area contributed by atoms with Crippen LogP contribution >= 0.6 is 0 Å². The van der Waals surface area contributed by atoms with Crippen LogP contribution in [0.5, 0.6) is 0 Å². The molecule has 0 unspecified atom stereocenters. The molecule has 0 atom stereocenters. The molecule has 8 valence electrons. The van der Waals surface area contributed by atoms with Crippen molar-refractivity contribution in [1.29, 1.82) is 0 Å². The zero-order valence-electron chi connectivity index (χ0n) is 2.83. The van der Waals surface area contributed by atoms with E-state index < -0.39 is 0 Å². The Morgan fingerprint density at radius 3 is 0.500 bits per heavy atom. The molecule has 0 saturated heterocycles. The second-order valence-electron chi connectivity index (χ2n) is 0. The first-order valence-electron chi connectivity index (χ1n) is 0. The zero-order valence-corrected chi connectivity index (χ0v) is 13.2. The van der Waals surface area contributed by atoms with E-state index in [1.807, 2.05) is 0 Å². The maximum atomic E-state index is 0. The van der Waals surface area contributed by atoms with Crippen molar-refractivity contribution < 1.29 is 39.0 Å². The summed E-state index contributed by atoms with van der Waals surface area (Å²) in [6, 6.07) is 0. The minimum Gasteiger partial charge on any atom is 0 e. The van der Waals surface area contributed by atoms with Crippen molar-refractivity contribution in [2.24, 2.45) is 0 Å². The van der Waals surface area contributed by atoms with Crippen LogP contribution < -0.4 is 0 Å². The zero-order chi connectivity index (χ0) is 0. The molecule has 0 aliphatic rings. The average Bonchev–Trinajstić information content (AvgIpc) is 0. The maximum absolute atomic E-state index is 0. The van der Waals surface area contributed by atoms with Crippen molar-refractivity contribution in [2.45, 2.75) is 0 Å². The monoisotopic (exact) mass is 208 g/mol. The fourth-order valence-corrected chi connectivity index (χ4v) is 0. The Hall–Kier alpha value is 3.77. The van der Waals surface area contributed by atoms with Crippen molar-refractivity contribution >= 4 is 75.5 Å². The summed E-state index contributed by atoms with van der Waals surface area (Å²) in [5, 5.41) is 0. The van der Waals surface area contributed by atoms with Gasteiger partial charge in [0, 0.05) is 114 Å². The van der Waals surface area contributed by atoms with Crippen molar-refractivity contribution in [3.8, 4) is 0 Å². The van der Waals surface area contributed by atoms with E-state index in [9.17, 15) is 0 Å². The van der Waals surface area contributed by atoms with E-state index in [-0.39, 0.29) is 114 Å². The van der Waals surface area contributed by atoms with Gasteiger partial charge in [-0.15, -0.1) is 0 Å². The smallest absolute Gasteiger partial charge is 0 e. The molecule has 0 nitrogen and oxygen atoms in total. The predicted molar refractivity (Wildman–Crippen MR) is 11.5 cm³/mol. The molecule has 4 heavy (non-hydrogen) atoms. The van der Waals surface area contributed by atoms with Gasteiger partial charge in [-0.05, 0) is 0 Å². The summed E-state index contributed by atoms with van der Waals surface area (Å²) in [6.07, 6.45) is 0. The molecule has 0 aromatic carbocycles. The van der Waals surface area contributed by atoms with Crippen LogP contribution in [0.4, 0.5) is 0 Å². The fraction of sp³-hybridized carbons (Fsp3) is 0. The van der Waals surface area contributed by atoms with Crippen LogP contribution in [0.1, 0.15) is 0 Å². The van der Waals surface area contributed by atoms with Crippen LogP contribution in [0.25, 0.3) is 0 Å². The Balaban J connectivity index is 0. The second kappa shape index (κ2) is 15.9. The van der Waals surface area contributed by atoms with E-state index in [4.69, 9.17) is 0 Å².